The molecule has 0 saturated heterocycles. The number of benzene rings is 2. The Morgan fingerprint density at radius 2 is 1.91 bits per heavy atom. The number of amides is 1. The Kier molecular flexibility index (Phi) is 6.07. The lowest BCUT2D eigenvalue weighted by Gasteiger charge is -2.19. The number of carbonyl (C=O) groups excluding carboxylic acids is 2. The van der Waals surface area contributed by atoms with Gasteiger partial charge in [0.1, 0.15) is 0 Å². The molecule has 0 aliphatic rings. The predicted molar refractivity (Wildman–Crippen MR) is 93.4 cm³/mol. The number of rotatable bonds is 5. The lowest BCUT2D eigenvalue weighted by Crippen LogP contribution is -2.29. The number of esters is 1. The zero-order valence-corrected chi connectivity index (χ0v) is 14.4. The van der Waals surface area contributed by atoms with Crippen LogP contribution in [-0.4, -0.2) is 31.8 Å². The maximum Gasteiger partial charge on any atom is 0.339 e. The molecule has 23 heavy (non-hydrogen) atoms. The molecule has 0 aliphatic carbocycles. The Bertz CT molecular complexity index is 720. The fraction of sp³-hybridized carbons (Fsp3) is 0.176. The number of nitrogens with zero attached hydrogens (tertiary/aromatic N) is 1. The number of hydrogen-bond donors (Lipinski definition) is 0. The topological polar surface area (TPSA) is 46.6 Å². The Balaban J connectivity index is 2.09. The van der Waals surface area contributed by atoms with E-state index in [1.165, 1.54) is 23.8 Å². The second-order valence-electron chi connectivity index (χ2n) is 4.71. The smallest absolute Gasteiger partial charge is 0.339 e. The summed E-state index contributed by atoms with van der Waals surface area (Å²) in [7, 11) is 2.96. The number of carbonyl (C=O) groups is 2. The molecule has 0 atom stereocenters. The summed E-state index contributed by atoms with van der Waals surface area (Å²) < 4.78 is 4.75. The van der Waals surface area contributed by atoms with Gasteiger partial charge in [0.15, 0.2) is 0 Å². The van der Waals surface area contributed by atoms with Gasteiger partial charge >= 0.3 is 5.97 Å². The van der Waals surface area contributed by atoms with E-state index in [-0.39, 0.29) is 11.7 Å². The summed E-state index contributed by atoms with van der Waals surface area (Å²) in [5, 5.41) is 0.631. The first kappa shape index (κ1) is 17.4. The average molecular weight is 350 g/mol. The molecule has 0 aromatic heterocycles. The van der Waals surface area contributed by atoms with E-state index in [1.807, 2.05) is 18.2 Å². The van der Waals surface area contributed by atoms with E-state index in [0.717, 1.165) is 4.90 Å². The molecule has 2 aromatic rings. The van der Waals surface area contributed by atoms with Gasteiger partial charge in [0.05, 0.1) is 24.1 Å². The standard InChI is InChI=1S/C17H16ClNO3S/c1-19(15-9-4-3-8-14(15)17(21)22-2)16(20)11-23-13-7-5-6-12(18)10-13/h3-10H,11H2,1-2H3. The van der Waals surface area contributed by atoms with Crippen molar-refractivity contribution in [2.75, 3.05) is 24.8 Å². The van der Waals surface area contributed by atoms with E-state index in [1.54, 1.807) is 37.4 Å². The Labute approximate surface area is 144 Å². The van der Waals surface area contributed by atoms with E-state index in [2.05, 4.69) is 0 Å². The summed E-state index contributed by atoms with van der Waals surface area (Å²) in [4.78, 5) is 26.6. The highest BCUT2D eigenvalue weighted by atomic mass is 35.5. The Morgan fingerprint density at radius 1 is 1.17 bits per heavy atom. The molecule has 0 unspecified atom stereocenters. The maximum atomic E-state index is 12.4. The first-order chi connectivity index (χ1) is 11.0. The third-order valence-electron chi connectivity index (χ3n) is 3.20. The molecule has 4 nitrogen and oxygen atoms in total. The fourth-order valence-corrected chi connectivity index (χ4v) is 3.11. The van der Waals surface area contributed by atoms with Gasteiger partial charge in [-0.1, -0.05) is 29.8 Å². The molecule has 6 heteroatoms. The van der Waals surface area contributed by atoms with Crippen LogP contribution in [0, 0.1) is 0 Å². The Hall–Kier alpha value is -1.98. The Morgan fingerprint density at radius 3 is 2.61 bits per heavy atom. The van der Waals surface area contributed by atoms with Crippen molar-refractivity contribution in [2.24, 2.45) is 0 Å². The second-order valence-corrected chi connectivity index (χ2v) is 6.19. The number of thioether (sulfide) groups is 1. The normalized spacial score (nSPS) is 10.2. The van der Waals surface area contributed by atoms with Crippen molar-refractivity contribution in [3.8, 4) is 0 Å². The van der Waals surface area contributed by atoms with Crippen LogP contribution in [0.15, 0.2) is 53.4 Å². The molecular weight excluding hydrogens is 334 g/mol. The molecule has 0 N–H and O–H groups in total. The highest BCUT2D eigenvalue weighted by Crippen LogP contribution is 2.24. The SMILES string of the molecule is COC(=O)c1ccccc1N(C)C(=O)CSc1cccc(Cl)c1. The summed E-state index contributed by atoms with van der Waals surface area (Å²) >= 11 is 7.32. The number of anilines is 1. The third kappa shape index (κ3) is 4.50. The first-order valence-electron chi connectivity index (χ1n) is 6.85. The molecule has 120 valence electrons. The van der Waals surface area contributed by atoms with Gasteiger partial charge in [-0.15, -0.1) is 11.8 Å². The molecule has 2 rings (SSSR count). The lowest BCUT2D eigenvalue weighted by atomic mass is 10.1. The van der Waals surface area contributed by atoms with Crippen LogP contribution in [0.1, 0.15) is 10.4 Å². The maximum absolute atomic E-state index is 12.4. The van der Waals surface area contributed by atoms with Gasteiger partial charge in [0.2, 0.25) is 5.91 Å². The van der Waals surface area contributed by atoms with Gasteiger partial charge in [-0.05, 0) is 30.3 Å². The van der Waals surface area contributed by atoms with Gasteiger partial charge in [0, 0.05) is 17.0 Å². The fourth-order valence-electron chi connectivity index (χ4n) is 1.98. The molecule has 0 aliphatic heterocycles. The first-order valence-corrected chi connectivity index (χ1v) is 8.21. The largest absolute Gasteiger partial charge is 0.465 e. The molecule has 0 radical (unpaired) electrons. The molecule has 0 spiro atoms. The van der Waals surface area contributed by atoms with Gasteiger partial charge in [-0.25, -0.2) is 4.79 Å². The van der Waals surface area contributed by atoms with Crippen molar-refractivity contribution in [2.45, 2.75) is 4.90 Å². The minimum Gasteiger partial charge on any atom is -0.465 e. The van der Waals surface area contributed by atoms with E-state index in [0.29, 0.717) is 16.3 Å². The number of halogens is 1. The summed E-state index contributed by atoms with van der Waals surface area (Å²) in [6, 6.07) is 14.2. The second kappa shape index (κ2) is 8.04. The highest BCUT2D eigenvalue weighted by molar-refractivity contribution is 8.00. The number of ether oxygens (including phenoxy) is 1. The molecular formula is C17H16ClNO3S. The van der Waals surface area contributed by atoms with Crippen LogP contribution in [0.3, 0.4) is 0 Å². The van der Waals surface area contributed by atoms with Gasteiger partial charge in [-0.2, -0.15) is 0 Å². The van der Waals surface area contributed by atoms with Crippen molar-refractivity contribution in [3.63, 3.8) is 0 Å². The summed E-state index contributed by atoms with van der Waals surface area (Å²) in [5.41, 5.74) is 0.884. The van der Waals surface area contributed by atoms with Gasteiger partial charge in [0.25, 0.3) is 0 Å². The number of hydrogen-bond acceptors (Lipinski definition) is 4. The van der Waals surface area contributed by atoms with Crippen LogP contribution in [0.5, 0.6) is 0 Å². The molecule has 0 bridgehead atoms. The predicted octanol–water partition coefficient (Wildman–Crippen LogP) is 3.88. The molecule has 2 aromatic carbocycles. The zero-order valence-electron chi connectivity index (χ0n) is 12.8. The van der Waals surface area contributed by atoms with E-state index in [4.69, 9.17) is 16.3 Å². The summed E-state index contributed by atoms with van der Waals surface area (Å²) in [6.45, 7) is 0. The minimum absolute atomic E-state index is 0.119. The monoisotopic (exact) mass is 349 g/mol. The van der Waals surface area contributed by atoms with Crippen molar-refractivity contribution < 1.29 is 14.3 Å². The van der Waals surface area contributed by atoms with Crippen molar-refractivity contribution in [1.29, 1.82) is 0 Å². The van der Waals surface area contributed by atoms with E-state index < -0.39 is 5.97 Å². The minimum atomic E-state index is -0.470. The number of para-hydroxylation sites is 1. The summed E-state index contributed by atoms with van der Waals surface area (Å²) in [6.07, 6.45) is 0. The lowest BCUT2D eigenvalue weighted by molar-refractivity contribution is -0.115. The molecule has 0 saturated carbocycles. The van der Waals surface area contributed by atoms with Crippen LogP contribution in [0.4, 0.5) is 5.69 Å². The van der Waals surface area contributed by atoms with Crippen LogP contribution in [0.2, 0.25) is 5.02 Å². The van der Waals surface area contributed by atoms with E-state index in [9.17, 15) is 9.59 Å². The van der Waals surface area contributed by atoms with Gasteiger partial charge < -0.3 is 9.64 Å². The van der Waals surface area contributed by atoms with Crippen molar-refractivity contribution in [3.05, 3.63) is 59.1 Å². The third-order valence-corrected chi connectivity index (χ3v) is 4.42. The van der Waals surface area contributed by atoms with Crippen LogP contribution < -0.4 is 4.90 Å². The number of methoxy groups -OCH3 is 1. The highest BCUT2D eigenvalue weighted by Gasteiger charge is 2.18. The van der Waals surface area contributed by atoms with Crippen molar-refractivity contribution in [1.82, 2.24) is 0 Å². The van der Waals surface area contributed by atoms with Crippen LogP contribution in [0.25, 0.3) is 0 Å². The molecule has 0 fully saturated rings. The quantitative estimate of drug-likeness (QED) is 0.607. The molecule has 0 heterocycles. The average Bonchev–Trinajstić information content (AvgIpc) is 2.58. The van der Waals surface area contributed by atoms with Crippen LogP contribution >= 0.6 is 23.4 Å². The van der Waals surface area contributed by atoms with Crippen LogP contribution in [-0.2, 0) is 9.53 Å². The zero-order chi connectivity index (χ0) is 16.8. The summed E-state index contributed by atoms with van der Waals surface area (Å²) in [5.74, 6) is -0.346. The molecule has 1 amide bonds. The van der Waals surface area contributed by atoms with Crippen molar-refractivity contribution >= 4 is 40.9 Å². The van der Waals surface area contributed by atoms with Gasteiger partial charge in [-0.3, -0.25) is 4.79 Å². The van der Waals surface area contributed by atoms with E-state index >= 15 is 0 Å².